The molecule has 0 heterocycles. The van der Waals surface area contributed by atoms with E-state index < -0.39 is 35.2 Å². The van der Waals surface area contributed by atoms with Crippen LogP contribution in [0.1, 0.15) is 27.2 Å². The lowest BCUT2D eigenvalue weighted by molar-refractivity contribution is -0.162. The molecule has 0 unspecified atom stereocenters. The summed E-state index contributed by atoms with van der Waals surface area (Å²) in [7, 11) is 0. The van der Waals surface area contributed by atoms with E-state index in [0.29, 0.717) is 0 Å². The maximum Gasteiger partial charge on any atom is 0.320 e. The van der Waals surface area contributed by atoms with E-state index in [1.54, 1.807) is 0 Å². The maximum absolute atomic E-state index is 10.1. The molecular formula is C10H16O8. The molecule has 18 heavy (non-hydrogen) atoms. The van der Waals surface area contributed by atoms with Crippen molar-refractivity contribution in [3.63, 3.8) is 0 Å². The second kappa shape index (κ2) is 7.25. The first kappa shape index (κ1) is 18.3. The highest BCUT2D eigenvalue weighted by Crippen LogP contribution is 2.14. The monoisotopic (exact) mass is 264 g/mol. The summed E-state index contributed by atoms with van der Waals surface area (Å²) < 4.78 is 0. The average molecular weight is 264 g/mol. The highest BCUT2D eigenvalue weighted by molar-refractivity contribution is 5.97. The number of carboxylic acids is 4. The zero-order valence-electron chi connectivity index (χ0n) is 10.2. The van der Waals surface area contributed by atoms with Crippen LogP contribution in [0.2, 0.25) is 0 Å². The molecule has 0 amide bonds. The number of carboxylic acid groups (broad SMARTS) is 4. The van der Waals surface area contributed by atoms with Crippen molar-refractivity contribution in [3.05, 3.63) is 0 Å². The van der Waals surface area contributed by atoms with Gasteiger partial charge in [-0.05, 0) is 20.3 Å². The van der Waals surface area contributed by atoms with Crippen LogP contribution in [0.5, 0.6) is 0 Å². The van der Waals surface area contributed by atoms with Gasteiger partial charge in [-0.3, -0.25) is 19.2 Å². The summed E-state index contributed by atoms with van der Waals surface area (Å²) in [5.41, 5.74) is -1.67. The van der Waals surface area contributed by atoms with E-state index in [9.17, 15) is 19.2 Å². The van der Waals surface area contributed by atoms with E-state index >= 15 is 0 Å². The van der Waals surface area contributed by atoms with Crippen LogP contribution in [0, 0.1) is 11.3 Å². The Balaban J connectivity index is 0. The molecule has 8 heteroatoms. The molecule has 0 aliphatic heterocycles. The van der Waals surface area contributed by atoms with Gasteiger partial charge in [0.2, 0.25) is 0 Å². The smallest absolute Gasteiger partial charge is 0.320 e. The average Bonchev–Trinajstić information content (AvgIpc) is 2.17. The van der Waals surface area contributed by atoms with E-state index in [-0.39, 0.29) is 6.42 Å². The van der Waals surface area contributed by atoms with E-state index in [1.807, 2.05) is 0 Å². The molecule has 0 saturated carbocycles. The molecule has 0 radical (unpaired) electrons. The summed E-state index contributed by atoms with van der Waals surface area (Å²) >= 11 is 0. The van der Waals surface area contributed by atoms with E-state index in [0.717, 1.165) is 13.8 Å². The number of hydrogen-bond acceptors (Lipinski definition) is 4. The van der Waals surface area contributed by atoms with Gasteiger partial charge in [0.1, 0.15) is 0 Å². The van der Waals surface area contributed by atoms with Gasteiger partial charge in [-0.2, -0.15) is 0 Å². The lowest BCUT2D eigenvalue weighted by Crippen LogP contribution is -2.32. The topological polar surface area (TPSA) is 149 Å². The molecule has 8 nitrogen and oxygen atoms in total. The van der Waals surface area contributed by atoms with Gasteiger partial charge < -0.3 is 20.4 Å². The summed E-state index contributed by atoms with van der Waals surface area (Å²) in [6, 6.07) is 0. The Morgan fingerprint density at radius 2 is 1.17 bits per heavy atom. The minimum absolute atomic E-state index is 0.130. The second-order valence-electron chi connectivity index (χ2n) is 3.87. The molecule has 0 aromatic carbocycles. The molecule has 104 valence electrons. The van der Waals surface area contributed by atoms with Gasteiger partial charge in [0, 0.05) is 0 Å². The Labute approximate surface area is 103 Å². The molecule has 0 atom stereocenters. The van der Waals surface area contributed by atoms with Gasteiger partial charge in [-0.25, -0.2) is 0 Å². The van der Waals surface area contributed by atoms with Crippen LogP contribution in [0.4, 0.5) is 0 Å². The van der Waals surface area contributed by atoms with Crippen LogP contribution >= 0.6 is 0 Å². The van der Waals surface area contributed by atoms with Crippen LogP contribution in [0.15, 0.2) is 0 Å². The third kappa shape index (κ3) is 5.83. The fourth-order valence-corrected chi connectivity index (χ4v) is 0.546. The van der Waals surface area contributed by atoms with Crippen molar-refractivity contribution in [2.24, 2.45) is 11.3 Å². The molecule has 0 spiro atoms. The SMILES string of the molecule is CC(C)(C(=O)O)C(=O)O.CCC(C(=O)O)C(=O)O. The third-order valence-corrected chi connectivity index (χ3v) is 2.07. The highest BCUT2D eigenvalue weighted by Gasteiger charge is 2.35. The van der Waals surface area contributed by atoms with Crippen molar-refractivity contribution < 1.29 is 39.6 Å². The van der Waals surface area contributed by atoms with Gasteiger partial charge >= 0.3 is 23.9 Å². The third-order valence-electron chi connectivity index (χ3n) is 2.07. The van der Waals surface area contributed by atoms with E-state index in [2.05, 4.69) is 0 Å². The normalized spacial score (nSPS) is 10.2. The standard InChI is InChI=1S/2C5H8O4/c1-5(2,3(6)7)4(8)9;1-2-3(4(6)7)5(8)9/h1-2H3,(H,6,7)(H,8,9);3H,2H2,1H3,(H,6,7)(H,8,9). The van der Waals surface area contributed by atoms with Crippen molar-refractivity contribution in [3.8, 4) is 0 Å². The molecule has 0 aromatic rings. The number of aliphatic carboxylic acids is 4. The van der Waals surface area contributed by atoms with Crippen LogP contribution in [-0.4, -0.2) is 44.3 Å². The summed E-state index contributed by atoms with van der Waals surface area (Å²) in [5.74, 6) is -6.44. The molecule has 0 rings (SSSR count). The Bertz CT molecular complexity index is 314. The summed E-state index contributed by atoms with van der Waals surface area (Å²) in [5, 5.41) is 32.8. The summed E-state index contributed by atoms with van der Waals surface area (Å²) in [6.07, 6.45) is 0.130. The van der Waals surface area contributed by atoms with Crippen molar-refractivity contribution in [1.29, 1.82) is 0 Å². The van der Waals surface area contributed by atoms with Crippen LogP contribution in [-0.2, 0) is 19.2 Å². The second-order valence-corrected chi connectivity index (χ2v) is 3.87. The van der Waals surface area contributed by atoms with E-state index in [1.165, 1.54) is 6.92 Å². The predicted molar refractivity (Wildman–Crippen MR) is 58.1 cm³/mol. The van der Waals surface area contributed by atoms with Crippen LogP contribution < -0.4 is 0 Å². The van der Waals surface area contributed by atoms with Crippen LogP contribution in [0.25, 0.3) is 0 Å². The fraction of sp³-hybridized carbons (Fsp3) is 0.600. The minimum atomic E-state index is -1.67. The van der Waals surface area contributed by atoms with Gasteiger partial charge in [0.05, 0.1) is 0 Å². The lowest BCUT2D eigenvalue weighted by atomic mass is 9.95. The van der Waals surface area contributed by atoms with Crippen molar-refractivity contribution in [2.75, 3.05) is 0 Å². The molecule has 4 N–H and O–H groups in total. The molecule has 0 saturated heterocycles. The highest BCUT2D eigenvalue weighted by atomic mass is 16.4. The number of hydrogen-bond donors (Lipinski definition) is 4. The van der Waals surface area contributed by atoms with Crippen molar-refractivity contribution in [1.82, 2.24) is 0 Å². The predicted octanol–water partition coefficient (Wildman–Crippen LogP) is 0.364. The zero-order valence-corrected chi connectivity index (χ0v) is 10.2. The zero-order chi connectivity index (χ0) is 15.1. The van der Waals surface area contributed by atoms with Gasteiger partial charge in [0.25, 0.3) is 0 Å². The first-order valence-corrected chi connectivity index (χ1v) is 4.90. The van der Waals surface area contributed by atoms with E-state index in [4.69, 9.17) is 20.4 Å². The summed E-state index contributed by atoms with van der Waals surface area (Å²) in [4.78, 5) is 40.1. The maximum atomic E-state index is 10.1. The van der Waals surface area contributed by atoms with Gasteiger partial charge in [-0.15, -0.1) is 0 Å². The minimum Gasteiger partial charge on any atom is -0.481 e. The Morgan fingerprint density at radius 3 is 1.17 bits per heavy atom. The number of carbonyl (C=O) groups is 4. The molecule has 0 bridgehead atoms. The fourth-order valence-electron chi connectivity index (χ4n) is 0.546. The molecule has 0 aliphatic rings. The Hall–Kier alpha value is -2.12. The summed E-state index contributed by atoms with van der Waals surface area (Å²) in [6.45, 7) is 3.79. The van der Waals surface area contributed by atoms with Crippen molar-refractivity contribution in [2.45, 2.75) is 27.2 Å². The molecule has 0 fully saturated rings. The molecular weight excluding hydrogens is 248 g/mol. The lowest BCUT2D eigenvalue weighted by Gasteiger charge is -2.10. The Morgan fingerprint density at radius 1 is 0.889 bits per heavy atom. The van der Waals surface area contributed by atoms with Crippen molar-refractivity contribution >= 4 is 23.9 Å². The van der Waals surface area contributed by atoms with Crippen LogP contribution in [0.3, 0.4) is 0 Å². The first-order chi connectivity index (χ1) is 7.98. The van der Waals surface area contributed by atoms with Gasteiger partial charge in [0.15, 0.2) is 11.3 Å². The molecule has 0 aliphatic carbocycles. The largest absolute Gasteiger partial charge is 0.481 e. The Kier molecular flexibility index (Phi) is 7.35. The van der Waals surface area contributed by atoms with Gasteiger partial charge in [-0.1, -0.05) is 6.92 Å². The quantitative estimate of drug-likeness (QED) is 0.520. The number of rotatable bonds is 5. The first-order valence-electron chi connectivity index (χ1n) is 4.90. The molecule has 0 aromatic heterocycles.